The molecule has 1 heterocycles. The molecular weight excluding hydrogens is 895 g/mol. The third-order valence-corrected chi connectivity index (χ3v) is 12.8. The molecule has 71 heavy (non-hydrogen) atoms. The summed E-state index contributed by atoms with van der Waals surface area (Å²) in [4.78, 5) is 25.0. The molecule has 1 fully saturated rings. The van der Waals surface area contributed by atoms with E-state index in [0.717, 1.165) is 103 Å². The van der Waals surface area contributed by atoms with E-state index in [0.29, 0.717) is 25.9 Å². The lowest BCUT2D eigenvalue weighted by atomic mass is 9.99. The maximum absolute atomic E-state index is 13.0. The van der Waals surface area contributed by atoms with Gasteiger partial charge >= 0.3 is 5.97 Å². The molecule has 0 saturated carbocycles. The van der Waals surface area contributed by atoms with Crippen molar-refractivity contribution in [3.8, 4) is 0 Å². The van der Waals surface area contributed by atoms with Crippen molar-refractivity contribution in [3.05, 3.63) is 85.1 Å². The third kappa shape index (κ3) is 39.0. The lowest BCUT2D eigenvalue weighted by molar-refractivity contribution is -0.302. The van der Waals surface area contributed by atoms with E-state index in [9.17, 15) is 35.1 Å². The molecule has 1 aliphatic rings. The van der Waals surface area contributed by atoms with E-state index in [4.69, 9.17) is 14.2 Å². The van der Waals surface area contributed by atoms with Crippen LogP contribution in [0.25, 0.3) is 0 Å². The number of amides is 1. The molecule has 0 aromatic carbocycles. The number of rotatable bonds is 47. The average molecular weight is 998 g/mol. The van der Waals surface area contributed by atoms with Gasteiger partial charge in [-0.15, -0.1) is 0 Å². The Kier molecular flexibility index (Phi) is 45.5. The summed E-state index contributed by atoms with van der Waals surface area (Å²) in [6.07, 6.45) is 55.6. The number of hydrogen-bond acceptors (Lipinski definition) is 10. The van der Waals surface area contributed by atoms with Crippen LogP contribution in [0.15, 0.2) is 85.1 Å². The van der Waals surface area contributed by atoms with Crippen molar-refractivity contribution in [1.29, 1.82) is 0 Å². The van der Waals surface area contributed by atoms with Gasteiger partial charge in [0, 0.05) is 12.8 Å². The van der Waals surface area contributed by atoms with Gasteiger partial charge in [0.25, 0.3) is 0 Å². The van der Waals surface area contributed by atoms with E-state index in [2.05, 4.69) is 79.1 Å². The Balaban J connectivity index is 2.08. The second-order valence-electron chi connectivity index (χ2n) is 19.3. The Bertz CT molecular complexity index is 1450. The molecule has 1 rings (SSSR count). The van der Waals surface area contributed by atoms with Gasteiger partial charge in [-0.2, -0.15) is 0 Å². The van der Waals surface area contributed by atoms with Crippen molar-refractivity contribution in [2.45, 2.75) is 262 Å². The molecule has 408 valence electrons. The Morgan fingerprint density at radius 2 is 1.06 bits per heavy atom. The lowest BCUT2D eigenvalue weighted by Gasteiger charge is -2.40. The van der Waals surface area contributed by atoms with Crippen LogP contribution in [0.4, 0.5) is 0 Å². The molecule has 0 spiro atoms. The highest BCUT2D eigenvalue weighted by Crippen LogP contribution is 2.23. The fourth-order valence-electron chi connectivity index (χ4n) is 8.26. The van der Waals surface area contributed by atoms with Crippen LogP contribution in [0.5, 0.6) is 0 Å². The Labute approximate surface area is 432 Å². The normalized spacial score (nSPS) is 19.8. The second kappa shape index (κ2) is 49.1. The van der Waals surface area contributed by atoms with Gasteiger partial charge in [-0.05, 0) is 116 Å². The van der Waals surface area contributed by atoms with Crippen molar-refractivity contribution in [2.24, 2.45) is 0 Å². The molecule has 11 nitrogen and oxygen atoms in total. The molecule has 1 saturated heterocycles. The van der Waals surface area contributed by atoms with Crippen LogP contribution >= 0.6 is 0 Å². The number of esters is 1. The summed E-state index contributed by atoms with van der Waals surface area (Å²) < 4.78 is 16.6. The minimum atomic E-state index is -1.59. The first-order valence-electron chi connectivity index (χ1n) is 28.3. The van der Waals surface area contributed by atoms with E-state index in [-0.39, 0.29) is 18.5 Å². The van der Waals surface area contributed by atoms with Crippen molar-refractivity contribution >= 4 is 11.9 Å². The molecule has 11 heteroatoms. The zero-order chi connectivity index (χ0) is 51.7. The summed E-state index contributed by atoms with van der Waals surface area (Å²) in [6.45, 7) is 3.98. The highest BCUT2D eigenvalue weighted by molar-refractivity contribution is 5.76. The van der Waals surface area contributed by atoms with Crippen molar-refractivity contribution in [3.63, 3.8) is 0 Å². The molecule has 0 bridgehead atoms. The van der Waals surface area contributed by atoms with Gasteiger partial charge < -0.3 is 45.1 Å². The molecule has 0 aromatic rings. The number of ether oxygens (including phenoxy) is 3. The second-order valence-corrected chi connectivity index (χ2v) is 19.3. The quantitative estimate of drug-likeness (QED) is 0.0149. The van der Waals surface area contributed by atoms with Crippen molar-refractivity contribution < 1.29 is 49.3 Å². The third-order valence-electron chi connectivity index (χ3n) is 12.8. The number of hydrogen-bond donors (Lipinski definition) is 6. The van der Waals surface area contributed by atoms with E-state index in [1.165, 1.54) is 83.5 Å². The topological polar surface area (TPSA) is 175 Å². The van der Waals surface area contributed by atoms with Gasteiger partial charge in [-0.25, -0.2) is 0 Å². The zero-order valence-electron chi connectivity index (χ0n) is 44.7. The Morgan fingerprint density at radius 3 is 1.63 bits per heavy atom. The molecule has 0 radical (unpaired) electrons. The van der Waals surface area contributed by atoms with Crippen LogP contribution in [0, 0.1) is 0 Å². The fourth-order valence-corrected chi connectivity index (χ4v) is 8.26. The van der Waals surface area contributed by atoms with Crippen LogP contribution in [-0.2, 0) is 23.8 Å². The minimum absolute atomic E-state index is 0.0449. The number of allylic oxidation sites excluding steroid dienone is 13. The van der Waals surface area contributed by atoms with Crippen LogP contribution in [0.1, 0.15) is 219 Å². The number of carbonyl (C=O) groups excluding carboxylic acids is 2. The fraction of sp³-hybridized carbons (Fsp3) is 0.733. The predicted octanol–water partition coefficient (Wildman–Crippen LogP) is 12.6. The number of unbranched alkanes of at least 4 members (excludes halogenated alkanes) is 23. The number of aliphatic hydroxyl groups is 5. The number of carbonyl (C=O) groups is 2. The van der Waals surface area contributed by atoms with Crippen molar-refractivity contribution in [1.82, 2.24) is 5.32 Å². The summed E-state index contributed by atoms with van der Waals surface area (Å²) in [7, 11) is 0. The Hall–Kier alpha value is -3.16. The summed E-state index contributed by atoms with van der Waals surface area (Å²) in [6, 6.07) is -0.843. The van der Waals surface area contributed by atoms with Crippen molar-refractivity contribution in [2.75, 3.05) is 19.8 Å². The van der Waals surface area contributed by atoms with Gasteiger partial charge in [0.05, 0.1) is 32.0 Å². The predicted molar refractivity (Wildman–Crippen MR) is 292 cm³/mol. The van der Waals surface area contributed by atoms with Gasteiger partial charge in [0.1, 0.15) is 24.4 Å². The highest BCUT2D eigenvalue weighted by Gasteiger charge is 2.44. The van der Waals surface area contributed by atoms with Crippen LogP contribution < -0.4 is 5.32 Å². The maximum Gasteiger partial charge on any atom is 0.305 e. The van der Waals surface area contributed by atoms with Crippen LogP contribution in [-0.4, -0.2) is 100 Å². The summed E-state index contributed by atoms with van der Waals surface area (Å²) in [5.74, 6) is -0.257. The SMILES string of the molecule is C/C=C/CC/C=C/CC/C=C/C(O)C(COC1OC(CO)C(O)C(O)C1O)NC(=O)CCCCCCCCCCCC/C=C\C=C/CCCCCOC(=O)CCCCCCC/C=C\C/C=C\CCCCC. The average Bonchev–Trinajstić information content (AvgIpc) is 3.37. The first kappa shape index (κ1) is 65.9. The molecule has 0 aromatic heterocycles. The van der Waals surface area contributed by atoms with Gasteiger partial charge in [0.2, 0.25) is 5.91 Å². The van der Waals surface area contributed by atoms with E-state index < -0.39 is 49.5 Å². The molecular formula is C60H103NO10. The van der Waals surface area contributed by atoms with Gasteiger partial charge in [-0.3, -0.25) is 9.59 Å². The van der Waals surface area contributed by atoms with Gasteiger partial charge in [0.15, 0.2) is 6.29 Å². The highest BCUT2D eigenvalue weighted by atomic mass is 16.7. The van der Waals surface area contributed by atoms with Crippen LogP contribution in [0.3, 0.4) is 0 Å². The van der Waals surface area contributed by atoms with E-state index in [1.54, 1.807) is 6.08 Å². The maximum atomic E-state index is 13.0. The standard InChI is InChI=1S/C60H103NO10/c1-3-5-7-9-11-13-14-15-21-25-28-32-36-40-44-48-56(65)69-49-45-41-37-33-29-26-23-20-18-16-17-19-22-24-27-31-35-39-43-47-55(64)61-52(53(63)46-42-38-34-30-12-10-8-6-4-2)51-70-60-59(68)58(67)57(66)54(50-62)71-60/h4,6,11-13,15,20-21,23,26,29-30,42,46,52-54,57-60,62-63,66-68H,3,5,7-10,14,16-19,22,24-25,27-28,31-41,43-45,47-51H2,1-2H3,(H,61,64)/b6-4+,13-11-,21-15-,23-20-,29-26-,30-12+,46-42+. The van der Waals surface area contributed by atoms with E-state index >= 15 is 0 Å². The summed E-state index contributed by atoms with van der Waals surface area (Å²) >= 11 is 0. The minimum Gasteiger partial charge on any atom is -0.466 e. The number of nitrogens with one attached hydrogen (secondary N) is 1. The summed E-state index contributed by atoms with van der Waals surface area (Å²) in [5.41, 5.74) is 0. The summed E-state index contributed by atoms with van der Waals surface area (Å²) in [5, 5.41) is 54.1. The molecule has 7 unspecified atom stereocenters. The monoisotopic (exact) mass is 998 g/mol. The number of aliphatic hydroxyl groups excluding tert-OH is 5. The largest absolute Gasteiger partial charge is 0.466 e. The molecule has 1 amide bonds. The first-order valence-corrected chi connectivity index (χ1v) is 28.3. The Morgan fingerprint density at radius 1 is 0.563 bits per heavy atom. The molecule has 1 aliphatic heterocycles. The van der Waals surface area contributed by atoms with Crippen LogP contribution in [0.2, 0.25) is 0 Å². The smallest absolute Gasteiger partial charge is 0.305 e. The lowest BCUT2D eigenvalue weighted by Crippen LogP contribution is -2.60. The van der Waals surface area contributed by atoms with E-state index in [1.807, 2.05) is 19.1 Å². The molecule has 6 N–H and O–H groups in total. The van der Waals surface area contributed by atoms with Gasteiger partial charge in [-0.1, -0.05) is 175 Å². The molecule has 7 atom stereocenters. The first-order chi connectivity index (χ1) is 34.7. The zero-order valence-corrected chi connectivity index (χ0v) is 44.7. The molecule has 0 aliphatic carbocycles.